The molecule has 4 nitrogen and oxygen atoms in total. The summed E-state index contributed by atoms with van der Waals surface area (Å²) in [6.07, 6.45) is 4.41. The summed E-state index contributed by atoms with van der Waals surface area (Å²) in [6, 6.07) is 11.8. The molecule has 1 aliphatic carbocycles. The first-order chi connectivity index (χ1) is 11.4. The minimum atomic E-state index is -3.84. The maximum atomic E-state index is 12.4. The number of ether oxygens (including phenoxy) is 1. The van der Waals surface area contributed by atoms with Crippen molar-refractivity contribution in [2.24, 2.45) is 0 Å². The number of benzene rings is 2. The lowest BCUT2D eigenvalue weighted by Gasteiger charge is -2.16. The van der Waals surface area contributed by atoms with E-state index in [1.807, 2.05) is 26.0 Å². The highest BCUT2D eigenvalue weighted by Gasteiger charge is 2.18. The van der Waals surface area contributed by atoms with Crippen LogP contribution in [0.25, 0.3) is 0 Å². The number of rotatable bonds is 5. The molecule has 0 amide bonds. The Labute approximate surface area is 143 Å². The van der Waals surface area contributed by atoms with Gasteiger partial charge in [0.1, 0.15) is 16.4 Å². The van der Waals surface area contributed by atoms with Gasteiger partial charge in [-0.05, 0) is 87.1 Å². The second-order valence-corrected chi connectivity index (χ2v) is 7.86. The summed E-state index contributed by atoms with van der Waals surface area (Å²) in [5.41, 5.74) is 2.48. The first-order valence-electron chi connectivity index (χ1n) is 8.27. The fraction of sp³-hybridized carbons (Fsp3) is 0.368. The predicted molar refractivity (Wildman–Crippen MR) is 93.1 cm³/mol. The van der Waals surface area contributed by atoms with Crippen molar-refractivity contribution in [2.45, 2.75) is 50.5 Å². The maximum absolute atomic E-state index is 12.4. The van der Waals surface area contributed by atoms with Crippen molar-refractivity contribution in [3.8, 4) is 11.5 Å². The fourth-order valence-electron chi connectivity index (χ4n) is 2.89. The molecule has 5 heteroatoms. The first-order valence-corrected chi connectivity index (χ1v) is 9.68. The van der Waals surface area contributed by atoms with Crippen LogP contribution in [0.4, 0.5) is 0 Å². The van der Waals surface area contributed by atoms with Gasteiger partial charge < -0.3 is 8.92 Å². The average Bonchev–Trinajstić information content (AvgIpc) is 2.54. The molecule has 0 N–H and O–H groups in total. The highest BCUT2D eigenvalue weighted by atomic mass is 32.2. The van der Waals surface area contributed by atoms with E-state index in [9.17, 15) is 8.42 Å². The number of hydrogen-bond acceptors (Lipinski definition) is 4. The molecule has 0 aliphatic heterocycles. The molecule has 0 aromatic heterocycles. The van der Waals surface area contributed by atoms with Gasteiger partial charge in [0.25, 0.3) is 0 Å². The Morgan fingerprint density at radius 3 is 2.17 bits per heavy atom. The molecule has 2 aromatic rings. The van der Waals surface area contributed by atoms with Gasteiger partial charge in [-0.3, -0.25) is 0 Å². The van der Waals surface area contributed by atoms with E-state index in [1.165, 1.54) is 29.7 Å². The molecule has 0 bridgehead atoms. The third kappa shape index (κ3) is 3.90. The Hall–Kier alpha value is -2.01. The highest BCUT2D eigenvalue weighted by molar-refractivity contribution is 7.87. The van der Waals surface area contributed by atoms with E-state index in [4.69, 9.17) is 8.92 Å². The average molecular weight is 346 g/mol. The minimum Gasteiger partial charge on any atom is -0.491 e. The molecule has 3 rings (SSSR count). The SMILES string of the molecule is CC(C)Oc1ccc(S(=O)(=O)Oc2ccc3c(c2)CCCC3)cc1. The van der Waals surface area contributed by atoms with Crippen LogP contribution in [0.5, 0.6) is 11.5 Å². The molecule has 0 fully saturated rings. The Kier molecular flexibility index (Phi) is 4.81. The van der Waals surface area contributed by atoms with Crippen molar-refractivity contribution in [1.29, 1.82) is 0 Å². The Morgan fingerprint density at radius 1 is 0.875 bits per heavy atom. The molecule has 2 aromatic carbocycles. The van der Waals surface area contributed by atoms with Gasteiger partial charge >= 0.3 is 10.1 Å². The number of aryl methyl sites for hydroxylation is 2. The lowest BCUT2D eigenvalue weighted by atomic mass is 9.92. The van der Waals surface area contributed by atoms with Crippen molar-refractivity contribution in [3.63, 3.8) is 0 Å². The molecule has 0 radical (unpaired) electrons. The topological polar surface area (TPSA) is 52.6 Å². The molecule has 0 atom stereocenters. The fourth-order valence-corrected chi connectivity index (χ4v) is 3.82. The van der Waals surface area contributed by atoms with E-state index in [0.717, 1.165) is 19.3 Å². The lowest BCUT2D eigenvalue weighted by molar-refractivity contribution is 0.242. The van der Waals surface area contributed by atoms with E-state index < -0.39 is 10.1 Å². The Balaban J connectivity index is 1.78. The van der Waals surface area contributed by atoms with Gasteiger partial charge in [0.2, 0.25) is 0 Å². The summed E-state index contributed by atoms with van der Waals surface area (Å²) >= 11 is 0. The molecule has 0 saturated heterocycles. The molecular weight excluding hydrogens is 324 g/mol. The molecule has 1 aliphatic rings. The van der Waals surface area contributed by atoms with Crippen molar-refractivity contribution < 1.29 is 17.3 Å². The second kappa shape index (κ2) is 6.85. The molecule has 24 heavy (non-hydrogen) atoms. The van der Waals surface area contributed by atoms with Gasteiger partial charge in [-0.15, -0.1) is 0 Å². The monoisotopic (exact) mass is 346 g/mol. The van der Waals surface area contributed by atoms with Crippen LogP contribution < -0.4 is 8.92 Å². The standard InChI is InChI=1S/C19H22O4S/c1-14(2)22-17-9-11-19(12-10-17)24(20,21)23-18-8-7-15-5-3-4-6-16(15)13-18/h7-14H,3-6H2,1-2H3. The van der Waals surface area contributed by atoms with Gasteiger partial charge in [-0.1, -0.05) is 6.07 Å². The third-order valence-electron chi connectivity index (χ3n) is 4.01. The molecule has 128 valence electrons. The van der Waals surface area contributed by atoms with Gasteiger partial charge in [0.15, 0.2) is 0 Å². The van der Waals surface area contributed by atoms with Crippen molar-refractivity contribution in [1.82, 2.24) is 0 Å². The zero-order chi connectivity index (χ0) is 17.2. The summed E-state index contributed by atoms with van der Waals surface area (Å²) in [7, 11) is -3.84. The first kappa shape index (κ1) is 16.8. The van der Waals surface area contributed by atoms with Crippen LogP contribution in [0, 0.1) is 0 Å². The van der Waals surface area contributed by atoms with Crippen LogP contribution in [-0.4, -0.2) is 14.5 Å². The van der Waals surface area contributed by atoms with Gasteiger partial charge in [0.05, 0.1) is 6.10 Å². The largest absolute Gasteiger partial charge is 0.491 e. The van der Waals surface area contributed by atoms with E-state index in [1.54, 1.807) is 18.2 Å². The minimum absolute atomic E-state index is 0.0409. The third-order valence-corrected chi connectivity index (χ3v) is 5.27. The van der Waals surface area contributed by atoms with E-state index in [0.29, 0.717) is 11.5 Å². The van der Waals surface area contributed by atoms with E-state index >= 15 is 0 Å². The van der Waals surface area contributed by atoms with Crippen LogP contribution >= 0.6 is 0 Å². The Bertz CT molecular complexity index is 808. The highest BCUT2D eigenvalue weighted by Crippen LogP contribution is 2.27. The number of fused-ring (bicyclic) bond motifs is 1. The molecule has 0 spiro atoms. The predicted octanol–water partition coefficient (Wildman–Crippen LogP) is 4.12. The Morgan fingerprint density at radius 2 is 1.50 bits per heavy atom. The maximum Gasteiger partial charge on any atom is 0.339 e. The molecule has 0 heterocycles. The number of hydrogen-bond donors (Lipinski definition) is 0. The van der Waals surface area contributed by atoms with E-state index in [-0.39, 0.29) is 11.0 Å². The molecular formula is C19H22O4S. The molecule has 0 saturated carbocycles. The summed E-state index contributed by atoms with van der Waals surface area (Å²) in [4.78, 5) is 0.122. The lowest BCUT2D eigenvalue weighted by Crippen LogP contribution is -2.11. The van der Waals surface area contributed by atoms with E-state index in [2.05, 4.69) is 0 Å². The zero-order valence-electron chi connectivity index (χ0n) is 14.0. The summed E-state index contributed by atoms with van der Waals surface area (Å²) in [5.74, 6) is 1.01. The van der Waals surface area contributed by atoms with Crippen molar-refractivity contribution in [2.75, 3.05) is 0 Å². The summed E-state index contributed by atoms with van der Waals surface area (Å²) in [6.45, 7) is 3.84. The quantitative estimate of drug-likeness (QED) is 0.764. The summed E-state index contributed by atoms with van der Waals surface area (Å²) < 4.78 is 35.7. The smallest absolute Gasteiger partial charge is 0.339 e. The second-order valence-electron chi connectivity index (χ2n) is 6.31. The summed E-state index contributed by atoms with van der Waals surface area (Å²) in [5, 5.41) is 0. The van der Waals surface area contributed by atoms with Crippen LogP contribution in [0.15, 0.2) is 47.4 Å². The van der Waals surface area contributed by atoms with Gasteiger partial charge in [0, 0.05) is 0 Å². The van der Waals surface area contributed by atoms with Crippen LogP contribution in [0.2, 0.25) is 0 Å². The van der Waals surface area contributed by atoms with Crippen LogP contribution in [0.3, 0.4) is 0 Å². The zero-order valence-corrected chi connectivity index (χ0v) is 14.8. The van der Waals surface area contributed by atoms with Crippen molar-refractivity contribution >= 4 is 10.1 Å². The van der Waals surface area contributed by atoms with Crippen LogP contribution in [-0.2, 0) is 23.0 Å². The van der Waals surface area contributed by atoms with Crippen molar-refractivity contribution in [3.05, 3.63) is 53.6 Å². The molecule has 0 unspecified atom stereocenters. The van der Waals surface area contributed by atoms with Gasteiger partial charge in [-0.25, -0.2) is 0 Å². The normalized spacial score (nSPS) is 14.3. The van der Waals surface area contributed by atoms with Gasteiger partial charge in [-0.2, -0.15) is 8.42 Å². The van der Waals surface area contributed by atoms with Crippen LogP contribution in [0.1, 0.15) is 37.8 Å².